The largest absolute Gasteiger partial charge is 0.423 e. The number of ether oxygens (including phenoxy) is 2. The summed E-state index contributed by atoms with van der Waals surface area (Å²) >= 11 is 0. The summed E-state index contributed by atoms with van der Waals surface area (Å²) in [6.45, 7) is 3.70. The first-order valence-corrected chi connectivity index (χ1v) is 7.53. The monoisotopic (exact) mass is 306 g/mol. The molecular formula is C15H20N3O4+. The van der Waals surface area contributed by atoms with Crippen LogP contribution in [0.25, 0.3) is 0 Å². The zero-order chi connectivity index (χ0) is 15.4. The fourth-order valence-electron chi connectivity index (χ4n) is 2.62. The van der Waals surface area contributed by atoms with Crippen LogP contribution in [0.15, 0.2) is 24.3 Å². The van der Waals surface area contributed by atoms with Crippen molar-refractivity contribution in [3.8, 4) is 5.75 Å². The van der Waals surface area contributed by atoms with Gasteiger partial charge in [0.2, 0.25) is 11.7 Å². The van der Waals surface area contributed by atoms with Crippen LogP contribution in [0, 0.1) is 4.91 Å². The molecule has 0 aromatic heterocycles. The van der Waals surface area contributed by atoms with E-state index in [1.54, 1.807) is 18.2 Å². The van der Waals surface area contributed by atoms with E-state index in [4.69, 9.17) is 9.47 Å². The minimum atomic E-state index is -0.568. The summed E-state index contributed by atoms with van der Waals surface area (Å²) in [5.41, 5.74) is 0.548. The zero-order valence-corrected chi connectivity index (χ0v) is 12.4. The quantitative estimate of drug-likeness (QED) is 0.809. The second-order valence-electron chi connectivity index (χ2n) is 5.39. The molecule has 0 saturated carbocycles. The molecule has 1 fully saturated rings. The lowest BCUT2D eigenvalue weighted by molar-refractivity contribution is -0.529. The molecule has 1 N–H and O–H groups in total. The zero-order valence-electron chi connectivity index (χ0n) is 12.4. The molecule has 1 amide bonds. The Hall–Kier alpha value is -1.99. The van der Waals surface area contributed by atoms with Crippen LogP contribution < -0.4 is 10.1 Å². The lowest BCUT2D eigenvalue weighted by Crippen LogP contribution is -2.43. The number of nitrogens with one attached hydrogen (secondary N) is 1. The normalized spacial score (nSPS) is 21.3. The second-order valence-corrected chi connectivity index (χ2v) is 5.39. The fraction of sp³-hybridized carbons (Fsp3) is 0.533. The van der Waals surface area contributed by atoms with Crippen molar-refractivity contribution in [3.63, 3.8) is 0 Å². The van der Waals surface area contributed by atoms with Gasteiger partial charge in [0.25, 0.3) is 0 Å². The highest BCUT2D eigenvalue weighted by molar-refractivity contribution is 5.77. The number of carbonyl (C=O) groups excluding carboxylic acids is 1. The van der Waals surface area contributed by atoms with Gasteiger partial charge in [-0.3, -0.25) is 9.69 Å². The van der Waals surface area contributed by atoms with Crippen LogP contribution in [0.5, 0.6) is 5.75 Å². The predicted octanol–water partition coefficient (Wildman–Crippen LogP) is 0.654. The lowest BCUT2D eigenvalue weighted by Gasteiger charge is -2.25. The first-order chi connectivity index (χ1) is 10.7. The highest BCUT2D eigenvalue weighted by atomic mass is 16.5. The maximum Gasteiger partial charge on any atom is 0.352 e. The molecule has 118 valence electrons. The van der Waals surface area contributed by atoms with Gasteiger partial charge in [-0.2, -0.15) is 0 Å². The van der Waals surface area contributed by atoms with Crippen molar-refractivity contribution in [1.82, 2.24) is 10.2 Å². The predicted molar refractivity (Wildman–Crippen MR) is 79.0 cm³/mol. The average Bonchev–Trinajstić information content (AvgIpc) is 2.85. The molecule has 0 spiro atoms. The standard InChI is InChI=1S/C15H19N3O4/c19-14(11-17-7-9-21-10-8-17)16-6-5-15-18(20)12-3-1-2-4-13(12)22-15/h1-4,15H,5-11H2/p+1. The molecule has 1 aromatic rings. The van der Waals surface area contributed by atoms with Gasteiger partial charge in [0.15, 0.2) is 0 Å². The van der Waals surface area contributed by atoms with Crippen LogP contribution in [0.2, 0.25) is 0 Å². The van der Waals surface area contributed by atoms with E-state index in [0.29, 0.717) is 44.2 Å². The molecule has 2 heterocycles. The summed E-state index contributed by atoms with van der Waals surface area (Å²) in [4.78, 5) is 26.0. The van der Waals surface area contributed by atoms with Gasteiger partial charge in [-0.05, 0) is 6.07 Å². The third kappa shape index (κ3) is 3.42. The Labute approximate surface area is 128 Å². The topological polar surface area (TPSA) is 70.9 Å². The number of amides is 1. The third-order valence-corrected chi connectivity index (χ3v) is 3.81. The molecule has 1 unspecified atom stereocenters. The van der Waals surface area contributed by atoms with Gasteiger partial charge in [0, 0.05) is 30.6 Å². The van der Waals surface area contributed by atoms with Gasteiger partial charge in [-0.1, -0.05) is 12.1 Å². The van der Waals surface area contributed by atoms with Gasteiger partial charge in [-0.25, -0.2) is 0 Å². The number of carbonyl (C=O) groups is 1. The van der Waals surface area contributed by atoms with Gasteiger partial charge < -0.3 is 14.8 Å². The van der Waals surface area contributed by atoms with Crippen molar-refractivity contribution in [1.29, 1.82) is 0 Å². The molecule has 22 heavy (non-hydrogen) atoms. The molecular weight excluding hydrogens is 286 g/mol. The van der Waals surface area contributed by atoms with E-state index in [1.165, 1.54) is 0 Å². The van der Waals surface area contributed by atoms with E-state index >= 15 is 0 Å². The minimum Gasteiger partial charge on any atom is -0.423 e. The second kappa shape index (κ2) is 6.85. The van der Waals surface area contributed by atoms with E-state index < -0.39 is 6.23 Å². The number of fused-ring (bicyclic) bond motifs is 1. The Morgan fingerprint density at radius 3 is 2.86 bits per heavy atom. The lowest BCUT2D eigenvalue weighted by atomic mass is 10.3. The summed E-state index contributed by atoms with van der Waals surface area (Å²) in [6, 6.07) is 7.15. The molecule has 0 aliphatic carbocycles. The average molecular weight is 306 g/mol. The number of nitrogens with zero attached hydrogens (tertiary/aromatic N) is 2. The van der Waals surface area contributed by atoms with Gasteiger partial charge in [0.05, 0.1) is 30.9 Å². The molecule has 2 aliphatic heterocycles. The Morgan fingerprint density at radius 1 is 1.32 bits per heavy atom. The van der Waals surface area contributed by atoms with Crippen molar-refractivity contribution in [2.45, 2.75) is 12.6 Å². The van der Waals surface area contributed by atoms with E-state index in [9.17, 15) is 9.70 Å². The Balaban J connectivity index is 1.40. The number of hydrogen-bond donors (Lipinski definition) is 1. The van der Waals surface area contributed by atoms with Crippen LogP contribution in [-0.4, -0.2) is 61.2 Å². The van der Waals surface area contributed by atoms with Crippen LogP contribution in [0.3, 0.4) is 0 Å². The highest BCUT2D eigenvalue weighted by Crippen LogP contribution is 2.35. The first-order valence-electron chi connectivity index (χ1n) is 7.53. The highest BCUT2D eigenvalue weighted by Gasteiger charge is 2.39. The number of para-hydroxylation sites is 2. The summed E-state index contributed by atoms with van der Waals surface area (Å²) in [6.07, 6.45) is -0.117. The molecule has 7 heteroatoms. The Morgan fingerprint density at radius 2 is 2.09 bits per heavy atom. The van der Waals surface area contributed by atoms with Crippen LogP contribution >= 0.6 is 0 Å². The van der Waals surface area contributed by atoms with Crippen LogP contribution in [-0.2, 0) is 9.53 Å². The smallest absolute Gasteiger partial charge is 0.352 e. The summed E-state index contributed by atoms with van der Waals surface area (Å²) in [5, 5.41) is 2.84. The van der Waals surface area contributed by atoms with Crippen molar-refractivity contribution >= 4 is 11.6 Å². The van der Waals surface area contributed by atoms with Gasteiger partial charge >= 0.3 is 11.9 Å². The maximum atomic E-state index is 12.0. The van der Waals surface area contributed by atoms with Crippen molar-refractivity contribution in [2.75, 3.05) is 39.4 Å². The number of nitroso groups, excluding NO2 is 1. The third-order valence-electron chi connectivity index (χ3n) is 3.81. The Bertz CT molecular complexity index is 557. The summed E-state index contributed by atoms with van der Waals surface area (Å²) in [7, 11) is 0. The minimum absolute atomic E-state index is 0.0325. The van der Waals surface area contributed by atoms with E-state index in [-0.39, 0.29) is 5.91 Å². The maximum absolute atomic E-state index is 12.0. The number of hydrogen-bond acceptors (Lipinski definition) is 5. The SMILES string of the molecule is O=C(CN1CCOCC1)NCCC1Oc2ccccc2[N+]1=O. The summed E-state index contributed by atoms with van der Waals surface area (Å²) in [5.74, 6) is 0.567. The van der Waals surface area contributed by atoms with Crippen molar-refractivity contribution in [3.05, 3.63) is 29.2 Å². The number of morpholine rings is 1. The Kier molecular flexibility index (Phi) is 4.65. The number of rotatable bonds is 5. The summed E-state index contributed by atoms with van der Waals surface area (Å²) < 4.78 is 11.7. The number of benzene rings is 1. The fourth-order valence-corrected chi connectivity index (χ4v) is 2.62. The van der Waals surface area contributed by atoms with E-state index in [0.717, 1.165) is 17.8 Å². The van der Waals surface area contributed by atoms with Crippen molar-refractivity contribution in [2.24, 2.45) is 0 Å². The van der Waals surface area contributed by atoms with E-state index in [2.05, 4.69) is 10.2 Å². The molecule has 7 nitrogen and oxygen atoms in total. The van der Waals surface area contributed by atoms with E-state index in [1.807, 2.05) is 6.07 Å². The first kappa shape index (κ1) is 14.9. The molecule has 0 radical (unpaired) electrons. The molecule has 3 rings (SSSR count). The van der Waals surface area contributed by atoms with Crippen molar-refractivity contribution < 1.29 is 19.0 Å². The molecule has 1 saturated heterocycles. The molecule has 1 atom stereocenters. The molecule has 2 aliphatic rings. The van der Waals surface area contributed by atoms with Crippen LogP contribution in [0.1, 0.15) is 6.42 Å². The molecule has 1 aromatic carbocycles. The molecule has 0 bridgehead atoms. The van der Waals surface area contributed by atoms with Crippen LogP contribution in [0.4, 0.5) is 5.69 Å². The van der Waals surface area contributed by atoms with Gasteiger partial charge in [0.1, 0.15) is 0 Å². The van der Waals surface area contributed by atoms with Gasteiger partial charge in [-0.15, -0.1) is 0 Å².